The summed E-state index contributed by atoms with van der Waals surface area (Å²) in [7, 11) is 0. The van der Waals surface area contributed by atoms with Gasteiger partial charge in [0.15, 0.2) is 0 Å². The third-order valence-electron chi connectivity index (χ3n) is 5.40. The normalized spacial score (nSPS) is 21.1. The molecule has 19 heavy (non-hydrogen) atoms. The van der Waals surface area contributed by atoms with Crippen LogP contribution in [0.3, 0.4) is 0 Å². The van der Waals surface area contributed by atoms with E-state index in [2.05, 4.69) is 72.4 Å². The van der Waals surface area contributed by atoms with Gasteiger partial charge in [0.05, 0.1) is 0 Å². The van der Waals surface area contributed by atoms with Crippen molar-refractivity contribution >= 4 is 0 Å². The summed E-state index contributed by atoms with van der Waals surface area (Å²) in [5.41, 5.74) is 5.03. The lowest BCUT2D eigenvalue weighted by molar-refractivity contribution is 0.125. The van der Waals surface area contributed by atoms with Gasteiger partial charge in [0.25, 0.3) is 0 Å². The number of hydrogen-bond acceptors (Lipinski definition) is 0. The van der Waals surface area contributed by atoms with Crippen molar-refractivity contribution in [1.82, 2.24) is 0 Å². The van der Waals surface area contributed by atoms with Gasteiger partial charge in [-0.1, -0.05) is 71.4 Å². The van der Waals surface area contributed by atoms with E-state index in [1.165, 1.54) is 16.7 Å². The molecule has 0 radical (unpaired) electrons. The third kappa shape index (κ3) is 2.38. The van der Waals surface area contributed by atoms with Crippen LogP contribution in [0.15, 0.2) is 36.4 Å². The molecule has 2 rings (SSSR count). The van der Waals surface area contributed by atoms with Gasteiger partial charge in [0.1, 0.15) is 0 Å². The van der Waals surface area contributed by atoms with Crippen LogP contribution in [0.1, 0.15) is 66.5 Å². The Morgan fingerprint density at radius 3 is 1.32 bits per heavy atom. The van der Waals surface area contributed by atoms with E-state index in [4.69, 9.17) is 0 Å². The number of benzene rings is 1. The monoisotopic (exact) mass is 258 g/mol. The summed E-state index contributed by atoms with van der Waals surface area (Å²) in [5, 5.41) is 0. The van der Waals surface area contributed by atoms with Crippen molar-refractivity contribution in [2.45, 2.75) is 66.2 Å². The van der Waals surface area contributed by atoms with E-state index in [9.17, 15) is 0 Å². The zero-order valence-corrected chi connectivity index (χ0v) is 14.0. The van der Waals surface area contributed by atoms with Crippen molar-refractivity contribution in [3.05, 3.63) is 47.5 Å². The molecule has 0 atom stereocenters. The number of allylic oxidation sites excluding steroid dienone is 1. The lowest BCUT2D eigenvalue weighted by Crippen LogP contribution is -2.42. The summed E-state index contributed by atoms with van der Waals surface area (Å²) < 4.78 is 0. The van der Waals surface area contributed by atoms with E-state index >= 15 is 0 Å². The number of fused-ring (bicyclic) bond motifs is 1. The van der Waals surface area contributed by atoms with Gasteiger partial charge in [0, 0.05) is 0 Å². The zero-order valence-electron chi connectivity index (χ0n) is 14.0. The highest BCUT2D eigenvalue weighted by Gasteiger charge is 2.56. The highest BCUT2D eigenvalue weighted by molar-refractivity contribution is 5.48. The maximum atomic E-state index is 3.56. The second-order valence-electron chi connectivity index (χ2n) is 7.63. The average molecular weight is 258 g/mol. The first kappa shape index (κ1) is 16.0. The Bertz CT molecular complexity index is 432. The van der Waals surface area contributed by atoms with Crippen LogP contribution >= 0.6 is 0 Å². The molecule has 106 valence electrons. The van der Waals surface area contributed by atoms with Crippen molar-refractivity contribution < 1.29 is 0 Å². The van der Waals surface area contributed by atoms with Gasteiger partial charge in [-0.15, -0.1) is 6.58 Å². The quantitative estimate of drug-likeness (QED) is 0.511. The minimum absolute atomic E-state index is 0.257. The standard InChI is InChI=1S/C15H22.C4H8/c1-13(2)11-9-7-8-10-12(11)14(3,4)15(13,5)6;1-4(2)3/h7-10H,1-6H3;1H2,2-3H3. The fourth-order valence-electron chi connectivity index (χ4n) is 3.03. The van der Waals surface area contributed by atoms with Gasteiger partial charge in [-0.2, -0.15) is 0 Å². The highest BCUT2D eigenvalue weighted by atomic mass is 14.6. The van der Waals surface area contributed by atoms with Crippen molar-refractivity contribution in [2.24, 2.45) is 5.41 Å². The molecule has 0 heteroatoms. The molecule has 0 bridgehead atoms. The van der Waals surface area contributed by atoms with E-state index in [0.717, 1.165) is 0 Å². The summed E-state index contributed by atoms with van der Waals surface area (Å²) in [6.07, 6.45) is 0. The maximum Gasteiger partial charge on any atom is -0.00412 e. The van der Waals surface area contributed by atoms with Crippen molar-refractivity contribution in [3.63, 3.8) is 0 Å². The second kappa shape index (κ2) is 4.81. The van der Waals surface area contributed by atoms with Crippen LogP contribution in [-0.4, -0.2) is 0 Å². The Balaban J connectivity index is 0.000000399. The van der Waals surface area contributed by atoms with E-state index in [1.54, 1.807) is 0 Å². The predicted octanol–water partition coefficient (Wildman–Crippen LogP) is 5.86. The lowest BCUT2D eigenvalue weighted by atomic mass is 9.59. The highest BCUT2D eigenvalue weighted by Crippen LogP contribution is 2.61. The molecule has 0 N–H and O–H groups in total. The third-order valence-corrected chi connectivity index (χ3v) is 5.40. The molecule has 0 unspecified atom stereocenters. The Kier molecular flexibility index (Phi) is 4.06. The molecule has 1 aliphatic rings. The van der Waals surface area contributed by atoms with Gasteiger partial charge in [-0.05, 0) is 41.2 Å². The summed E-state index contributed by atoms with van der Waals surface area (Å²) in [6.45, 7) is 21.8. The molecule has 0 nitrogen and oxygen atoms in total. The molecule has 1 aliphatic carbocycles. The minimum atomic E-state index is 0.257. The number of rotatable bonds is 0. The maximum absolute atomic E-state index is 3.56. The van der Waals surface area contributed by atoms with Gasteiger partial charge in [0.2, 0.25) is 0 Å². The van der Waals surface area contributed by atoms with Crippen molar-refractivity contribution in [1.29, 1.82) is 0 Å². The largest absolute Gasteiger partial charge is 0.100 e. The molecule has 0 amide bonds. The van der Waals surface area contributed by atoms with Crippen LogP contribution in [0.2, 0.25) is 0 Å². The topological polar surface area (TPSA) is 0 Å². The Hall–Kier alpha value is -1.04. The Morgan fingerprint density at radius 2 is 1.05 bits per heavy atom. The molecule has 0 heterocycles. The van der Waals surface area contributed by atoms with Crippen LogP contribution in [0, 0.1) is 5.41 Å². The first-order valence-corrected chi connectivity index (χ1v) is 7.18. The summed E-state index contributed by atoms with van der Waals surface area (Å²) in [4.78, 5) is 0. The summed E-state index contributed by atoms with van der Waals surface area (Å²) in [6, 6.07) is 8.92. The molecule has 0 saturated carbocycles. The molecular weight excluding hydrogens is 228 g/mol. The molecule has 0 fully saturated rings. The summed E-state index contributed by atoms with van der Waals surface area (Å²) in [5.74, 6) is 0. The van der Waals surface area contributed by atoms with Gasteiger partial charge >= 0.3 is 0 Å². The van der Waals surface area contributed by atoms with Crippen molar-refractivity contribution in [2.75, 3.05) is 0 Å². The summed E-state index contributed by atoms with van der Waals surface area (Å²) >= 11 is 0. The molecular formula is C19H30. The van der Waals surface area contributed by atoms with Crippen LogP contribution in [0.25, 0.3) is 0 Å². The molecule has 0 spiro atoms. The fraction of sp³-hybridized carbons (Fsp3) is 0.579. The fourth-order valence-corrected chi connectivity index (χ4v) is 3.03. The molecule has 1 aromatic rings. The smallest absolute Gasteiger partial charge is 0.00412 e. The van der Waals surface area contributed by atoms with Crippen LogP contribution in [0.5, 0.6) is 0 Å². The van der Waals surface area contributed by atoms with Crippen LogP contribution < -0.4 is 0 Å². The van der Waals surface area contributed by atoms with E-state index in [-0.39, 0.29) is 10.8 Å². The van der Waals surface area contributed by atoms with Gasteiger partial charge < -0.3 is 0 Å². The molecule has 0 aromatic heterocycles. The van der Waals surface area contributed by atoms with E-state index in [1.807, 2.05) is 13.8 Å². The first-order chi connectivity index (χ1) is 8.46. The number of hydrogen-bond donors (Lipinski definition) is 0. The Morgan fingerprint density at radius 1 is 0.789 bits per heavy atom. The minimum Gasteiger partial charge on any atom is -0.100 e. The van der Waals surface area contributed by atoms with E-state index < -0.39 is 0 Å². The Labute approximate surface area is 119 Å². The van der Waals surface area contributed by atoms with Crippen LogP contribution in [-0.2, 0) is 10.8 Å². The first-order valence-electron chi connectivity index (χ1n) is 7.18. The lowest BCUT2D eigenvalue weighted by Gasteiger charge is -2.44. The van der Waals surface area contributed by atoms with Gasteiger partial charge in [-0.25, -0.2) is 0 Å². The SMILES string of the molecule is C=C(C)C.CC1(C)c2ccccc2C(C)(C)C1(C)C. The molecule has 0 saturated heterocycles. The molecule has 1 aromatic carbocycles. The predicted molar refractivity (Wildman–Crippen MR) is 86.8 cm³/mol. The van der Waals surface area contributed by atoms with Crippen LogP contribution in [0.4, 0.5) is 0 Å². The van der Waals surface area contributed by atoms with Gasteiger partial charge in [-0.3, -0.25) is 0 Å². The van der Waals surface area contributed by atoms with Crippen molar-refractivity contribution in [3.8, 4) is 0 Å². The zero-order chi connectivity index (χ0) is 15.1. The van der Waals surface area contributed by atoms with E-state index in [0.29, 0.717) is 5.41 Å². The molecule has 0 aliphatic heterocycles. The average Bonchev–Trinajstić information content (AvgIpc) is 2.36. The second-order valence-corrected chi connectivity index (χ2v) is 7.63.